The maximum Gasteiger partial charge on any atom is 0.328 e. The minimum absolute atomic E-state index is 0.302. The molecule has 0 bridgehead atoms. The van der Waals surface area contributed by atoms with Crippen LogP contribution in [0.4, 0.5) is 0 Å². The Bertz CT molecular complexity index is 1200. The first-order valence-electron chi connectivity index (χ1n) is 9.68. The molecule has 3 aromatic rings. The summed E-state index contributed by atoms with van der Waals surface area (Å²) in [4.78, 5) is 55.4. The van der Waals surface area contributed by atoms with Gasteiger partial charge in [0, 0.05) is 0 Å². The standard InChI is InChI=1S/C16H14N4O7.C4H11N/c1-27-7-4-2-6(3-5-7)8(9-11(21)17-15(25)18-12(9)22)10-13(23)19-16(26)20-14(10)24;1-3-5-4-2/h2-5,8H,1H3,(H3,17,18,21,22,25)(H3,19,20,23,24,26);5H,3-4H2,1-2H3. The summed E-state index contributed by atoms with van der Waals surface area (Å²) in [5, 5.41) is 23.4. The van der Waals surface area contributed by atoms with Crippen molar-refractivity contribution in [1.29, 1.82) is 0 Å². The highest BCUT2D eigenvalue weighted by Gasteiger charge is 2.30. The fraction of sp³-hybridized carbons (Fsp3) is 0.300. The summed E-state index contributed by atoms with van der Waals surface area (Å²) in [6.07, 6.45) is 0. The monoisotopic (exact) mass is 447 g/mol. The van der Waals surface area contributed by atoms with E-state index in [0.717, 1.165) is 13.1 Å². The highest BCUT2D eigenvalue weighted by molar-refractivity contribution is 5.48. The van der Waals surface area contributed by atoms with Crippen molar-refractivity contribution in [3.05, 3.63) is 82.6 Å². The molecule has 0 aliphatic carbocycles. The van der Waals surface area contributed by atoms with Crippen molar-refractivity contribution in [3.8, 4) is 17.5 Å². The Morgan fingerprint density at radius 3 is 1.56 bits per heavy atom. The zero-order valence-corrected chi connectivity index (χ0v) is 17.7. The summed E-state index contributed by atoms with van der Waals surface area (Å²) < 4.78 is 5.06. The molecular formula is C20H25N5O7. The van der Waals surface area contributed by atoms with Gasteiger partial charge in [0.2, 0.25) is 11.8 Å². The lowest BCUT2D eigenvalue weighted by atomic mass is 9.87. The van der Waals surface area contributed by atoms with Crippen LogP contribution in [-0.2, 0) is 0 Å². The molecule has 12 nitrogen and oxygen atoms in total. The van der Waals surface area contributed by atoms with Crippen molar-refractivity contribution in [2.24, 2.45) is 0 Å². The number of aromatic amines is 4. The predicted octanol–water partition coefficient (Wildman–Crippen LogP) is -0.344. The van der Waals surface area contributed by atoms with Crippen LogP contribution in [0.5, 0.6) is 17.5 Å². The van der Waals surface area contributed by atoms with E-state index in [-0.39, 0.29) is 0 Å². The first kappa shape index (κ1) is 24.2. The highest BCUT2D eigenvalue weighted by atomic mass is 16.5. The maximum absolute atomic E-state index is 12.3. The zero-order valence-electron chi connectivity index (χ0n) is 17.7. The number of H-pyrrole nitrogens is 4. The van der Waals surface area contributed by atoms with Gasteiger partial charge in [-0.25, -0.2) is 9.59 Å². The van der Waals surface area contributed by atoms with Gasteiger partial charge in [-0.15, -0.1) is 0 Å². The number of hydrogen-bond donors (Lipinski definition) is 7. The molecule has 1 aromatic carbocycles. The van der Waals surface area contributed by atoms with Crippen molar-refractivity contribution in [3.63, 3.8) is 0 Å². The Hall–Kier alpha value is -4.06. The van der Waals surface area contributed by atoms with Crippen LogP contribution >= 0.6 is 0 Å². The van der Waals surface area contributed by atoms with Crippen molar-refractivity contribution < 1.29 is 14.9 Å². The van der Waals surface area contributed by atoms with Gasteiger partial charge in [-0.2, -0.15) is 0 Å². The van der Waals surface area contributed by atoms with E-state index in [1.165, 1.54) is 31.4 Å². The number of nitrogens with one attached hydrogen (secondary N) is 5. The molecule has 7 N–H and O–H groups in total. The normalized spacial score (nSPS) is 10.5. The number of aromatic hydroxyl groups is 2. The van der Waals surface area contributed by atoms with E-state index in [4.69, 9.17) is 4.74 Å². The average Bonchev–Trinajstić information content (AvgIpc) is 2.72. The summed E-state index contributed by atoms with van der Waals surface area (Å²) >= 11 is 0. The molecular weight excluding hydrogens is 422 g/mol. The Kier molecular flexibility index (Phi) is 8.18. The quantitative estimate of drug-likeness (QED) is 0.266. The third-order valence-corrected chi connectivity index (χ3v) is 4.44. The van der Waals surface area contributed by atoms with E-state index < -0.39 is 51.3 Å². The number of ether oxygens (including phenoxy) is 1. The van der Waals surface area contributed by atoms with Crippen molar-refractivity contribution in [1.82, 2.24) is 25.3 Å². The molecule has 0 atom stereocenters. The van der Waals surface area contributed by atoms with Crippen molar-refractivity contribution in [2.75, 3.05) is 20.2 Å². The summed E-state index contributed by atoms with van der Waals surface area (Å²) in [6.45, 7) is 6.39. The second-order valence-corrected chi connectivity index (χ2v) is 6.50. The van der Waals surface area contributed by atoms with Crippen LogP contribution in [0.15, 0.2) is 43.4 Å². The second kappa shape index (κ2) is 10.8. The van der Waals surface area contributed by atoms with Gasteiger partial charge in [0.25, 0.3) is 11.1 Å². The Morgan fingerprint density at radius 2 is 1.25 bits per heavy atom. The van der Waals surface area contributed by atoms with Gasteiger partial charge in [0.15, 0.2) is 0 Å². The van der Waals surface area contributed by atoms with Gasteiger partial charge in [0.1, 0.15) is 5.75 Å². The number of benzene rings is 1. The fourth-order valence-electron chi connectivity index (χ4n) is 3.03. The molecule has 2 heterocycles. The molecule has 0 unspecified atom stereocenters. The van der Waals surface area contributed by atoms with Crippen LogP contribution in [-0.4, -0.2) is 50.3 Å². The fourth-order valence-corrected chi connectivity index (χ4v) is 3.03. The molecule has 12 heteroatoms. The highest BCUT2D eigenvalue weighted by Crippen LogP contribution is 2.35. The first-order valence-corrected chi connectivity index (χ1v) is 9.68. The molecule has 172 valence electrons. The Morgan fingerprint density at radius 1 is 0.812 bits per heavy atom. The zero-order chi connectivity index (χ0) is 23.8. The molecule has 0 saturated carbocycles. The van der Waals surface area contributed by atoms with Gasteiger partial charge in [-0.1, -0.05) is 26.0 Å². The lowest BCUT2D eigenvalue weighted by Crippen LogP contribution is -2.32. The molecule has 0 radical (unpaired) electrons. The van der Waals surface area contributed by atoms with E-state index >= 15 is 0 Å². The van der Waals surface area contributed by atoms with Gasteiger partial charge in [0.05, 0.1) is 24.2 Å². The van der Waals surface area contributed by atoms with Gasteiger partial charge >= 0.3 is 11.4 Å². The third kappa shape index (κ3) is 5.55. The molecule has 0 spiro atoms. The van der Waals surface area contributed by atoms with Crippen LogP contribution in [0.25, 0.3) is 0 Å². The van der Waals surface area contributed by atoms with Crippen LogP contribution in [0, 0.1) is 0 Å². The summed E-state index contributed by atoms with van der Waals surface area (Å²) in [5.74, 6) is -2.39. The lowest BCUT2D eigenvalue weighted by molar-refractivity contribution is 0.414. The van der Waals surface area contributed by atoms with Crippen LogP contribution in [0.2, 0.25) is 0 Å². The van der Waals surface area contributed by atoms with Crippen LogP contribution in [0.1, 0.15) is 36.5 Å². The molecule has 0 fully saturated rings. The van der Waals surface area contributed by atoms with E-state index in [9.17, 15) is 29.4 Å². The van der Waals surface area contributed by atoms with Crippen LogP contribution < -0.4 is 32.6 Å². The van der Waals surface area contributed by atoms with E-state index in [2.05, 4.69) is 19.2 Å². The topological polar surface area (TPSA) is 193 Å². The smallest absolute Gasteiger partial charge is 0.328 e. The summed E-state index contributed by atoms with van der Waals surface area (Å²) in [7, 11) is 1.45. The molecule has 0 saturated heterocycles. The van der Waals surface area contributed by atoms with Crippen molar-refractivity contribution in [2.45, 2.75) is 19.8 Å². The van der Waals surface area contributed by atoms with Crippen LogP contribution in [0.3, 0.4) is 0 Å². The molecule has 0 aliphatic heterocycles. The van der Waals surface area contributed by atoms with E-state index in [1.807, 2.05) is 19.9 Å². The van der Waals surface area contributed by atoms with Gasteiger partial charge in [-0.05, 0) is 30.8 Å². The number of aromatic nitrogens is 4. The first-order chi connectivity index (χ1) is 15.2. The number of rotatable bonds is 6. The molecule has 3 rings (SSSR count). The lowest BCUT2D eigenvalue weighted by Gasteiger charge is -2.18. The molecule has 2 aromatic heterocycles. The largest absolute Gasteiger partial charge is 0.497 e. The molecule has 32 heavy (non-hydrogen) atoms. The predicted molar refractivity (Wildman–Crippen MR) is 117 cm³/mol. The maximum atomic E-state index is 12.3. The third-order valence-electron chi connectivity index (χ3n) is 4.44. The minimum Gasteiger partial charge on any atom is -0.497 e. The Balaban J connectivity index is 0.000000654. The SMILES string of the molecule is CCNCC.COc1ccc(C(c2c(O)[nH]c(=O)[nH]c2=O)c2c(O)[nH]c(=O)[nH]c2=O)cc1. The minimum atomic E-state index is -1.31. The Labute approximate surface area is 181 Å². The summed E-state index contributed by atoms with van der Waals surface area (Å²) in [6, 6.07) is 6.07. The van der Waals surface area contributed by atoms with E-state index in [1.54, 1.807) is 0 Å². The average molecular weight is 447 g/mol. The van der Waals surface area contributed by atoms with E-state index in [0.29, 0.717) is 11.3 Å². The second-order valence-electron chi connectivity index (χ2n) is 6.50. The van der Waals surface area contributed by atoms with Gasteiger partial charge in [-0.3, -0.25) is 29.5 Å². The number of hydrogen-bond acceptors (Lipinski definition) is 8. The van der Waals surface area contributed by atoms with Crippen molar-refractivity contribution >= 4 is 0 Å². The summed E-state index contributed by atoms with van der Waals surface area (Å²) in [5.41, 5.74) is -4.33. The molecule has 0 amide bonds. The number of methoxy groups -OCH3 is 1. The van der Waals surface area contributed by atoms with Gasteiger partial charge < -0.3 is 20.3 Å². The molecule has 0 aliphatic rings.